The second kappa shape index (κ2) is 8.63. The Bertz CT molecular complexity index is 965. The lowest BCUT2D eigenvalue weighted by Gasteiger charge is -2.21. The summed E-state index contributed by atoms with van der Waals surface area (Å²) in [5.74, 6) is 1.53. The van der Waals surface area contributed by atoms with Crippen molar-refractivity contribution in [3.8, 4) is 5.75 Å². The topological polar surface area (TPSA) is 59.5 Å². The molecule has 3 heterocycles. The van der Waals surface area contributed by atoms with Gasteiger partial charge in [-0.25, -0.2) is 5.01 Å². The van der Waals surface area contributed by atoms with E-state index in [9.17, 15) is 4.79 Å². The van der Waals surface area contributed by atoms with E-state index in [0.717, 1.165) is 34.2 Å². The lowest BCUT2D eigenvalue weighted by Crippen LogP contribution is -3.08. The first-order chi connectivity index (χ1) is 14.1. The lowest BCUT2D eigenvalue weighted by atomic mass is 10.0. The first-order valence-electron chi connectivity index (χ1n) is 9.55. The maximum Gasteiger partial charge on any atom is 0.298 e. The molecule has 0 bridgehead atoms. The van der Waals surface area contributed by atoms with Crippen LogP contribution in [0.25, 0.3) is 0 Å². The Morgan fingerprint density at radius 1 is 1.28 bits per heavy atom. The molecule has 0 radical (unpaired) electrons. The molecular formula is C22H24N3O3S+. The summed E-state index contributed by atoms with van der Waals surface area (Å²) in [6.45, 7) is 1.19. The first-order valence-corrected chi connectivity index (χ1v) is 10.4. The van der Waals surface area contributed by atoms with E-state index in [1.54, 1.807) is 29.7 Å². The average molecular weight is 411 g/mol. The Morgan fingerprint density at radius 2 is 2.10 bits per heavy atom. The molecule has 6 nitrogen and oxygen atoms in total. The van der Waals surface area contributed by atoms with Crippen LogP contribution in [0.1, 0.15) is 28.7 Å². The van der Waals surface area contributed by atoms with Gasteiger partial charge in [0.15, 0.2) is 6.54 Å². The molecule has 1 aliphatic heterocycles. The zero-order chi connectivity index (χ0) is 20.2. The number of carbonyl (C=O) groups is 1. The molecule has 2 aromatic heterocycles. The van der Waals surface area contributed by atoms with Gasteiger partial charge < -0.3 is 14.1 Å². The van der Waals surface area contributed by atoms with E-state index in [2.05, 4.69) is 11.4 Å². The highest BCUT2D eigenvalue weighted by molar-refractivity contribution is 7.09. The van der Waals surface area contributed by atoms with E-state index in [1.807, 2.05) is 49.5 Å². The summed E-state index contributed by atoms with van der Waals surface area (Å²) in [5.41, 5.74) is 1.86. The molecule has 0 spiro atoms. The van der Waals surface area contributed by atoms with Gasteiger partial charge in [0.05, 0.1) is 31.0 Å². The van der Waals surface area contributed by atoms with Crippen molar-refractivity contribution in [3.05, 3.63) is 76.4 Å². The molecule has 29 heavy (non-hydrogen) atoms. The normalized spacial score (nSPS) is 17.2. The number of rotatable bonds is 7. The maximum absolute atomic E-state index is 13.1. The molecule has 0 aliphatic carbocycles. The maximum atomic E-state index is 13.1. The van der Waals surface area contributed by atoms with Crippen LogP contribution in [0.4, 0.5) is 0 Å². The number of carbonyl (C=O) groups excluding carboxylic acids is 1. The van der Waals surface area contributed by atoms with E-state index in [4.69, 9.17) is 14.3 Å². The number of thiophene rings is 1. The molecule has 1 aromatic carbocycles. The Balaban J connectivity index is 1.53. The van der Waals surface area contributed by atoms with Gasteiger partial charge in [0, 0.05) is 6.42 Å². The van der Waals surface area contributed by atoms with Crippen LogP contribution >= 0.6 is 11.3 Å². The predicted octanol–water partition coefficient (Wildman–Crippen LogP) is 2.74. The zero-order valence-electron chi connectivity index (χ0n) is 16.5. The van der Waals surface area contributed by atoms with Crippen LogP contribution in [-0.4, -0.2) is 37.3 Å². The van der Waals surface area contributed by atoms with Crippen molar-refractivity contribution in [2.24, 2.45) is 5.10 Å². The highest BCUT2D eigenvalue weighted by Gasteiger charge is 2.36. The number of hydrogen-bond donors (Lipinski definition) is 1. The second-order valence-corrected chi connectivity index (χ2v) is 8.17. The summed E-state index contributed by atoms with van der Waals surface area (Å²) < 4.78 is 10.9. The molecule has 1 aliphatic rings. The zero-order valence-corrected chi connectivity index (χ0v) is 17.3. The largest absolute Gasteiger partial charge is 0.497 e. The molecule has 2 atom stereocenters. The molecule has 0 saturated carbocycles. The van der Waals surface area contributed by atoms with Crippen molar-refractivity contribution >= 4 is 23.0 Å². The molecule has 0 saturated heterocycles. The summed E-state index contributed by atoms with van der Waals surface area (Å²) in [5, 5.41) is 8.34. The van der Waals surface area contributed by atoms with Gasteiger partial charge in [-0.15, -0.1) is 11.3 Å². The van der Waals surface area contributed by atoms with Crippen LogP contribution in [0, 0.1) is 0 Å². The number of benzene rings is 1. The number of hydrogen-bond acceptors (Lipinski definition) is 5. The van der Waals surface area contributed by atoms with Crippen molar-refractivity contribution in [1.29, 1.82) is 0 Å². The Morgan fingerprint density at radius 3 is 2.76 bits per heavy atom. The van der Waals surface area contributed by atoms with Crippen molar-refractivity contribution in [1.82, 2.24) is 5.01 Å². The number of ether oxygens (including phenoxy) is 1. The first kappa shape index (κ1) is 19.4. The SMILES string of the molecule is COc1ccc(C2=NN(C(=O)C[NH+](C)Cc3cccs3)[C@@H](c3ccco3)C2)cc1. The van der Waals surface area contributed by atoms with Crippen LogP contribution in [0.5, 0.6) is 5.75 Å². The van der Waals surface area contributed by atoms with Crippen molar-refractivity contribution in [2.75, 3.05) is 20.7 Å². The van der Waals surface area contributed by atoms with E-state index in [-0.39, 0.29) is 11.9 Å². The van der Waals surface area contributed by atoms with Crippen molar-refractivity contribution in [3.63, 3.8) is 0 Å². The third-order valence-corrected chi connectivity index (χ3v) is 5.85. The number of nitrogens with one attached hydrogen (secondary N) is 1. The fourth-order valence-corrected chi connectivity index (χ4v) is 4.33. The van der Waals surface area contributed by atoms with Gasteiger partial charge in [0.2, 0.25) is 0 Å². The monoisotopic (exact) mass is 410 g/mol. The number of methoxy groups -OCH3 is 1. The molecule has 3 aromatic rings. The summed E-state index contributed by atoms with van der Waals surface area (Å²) in [4.78, 5) is 15.5. The van der Waals surface area contributed by atoms with Crippen LogP contribution in [-0.2, 0) is 11.3 Å². The number of nitrogens with zero attached hydrogens (tertiary/aromatic N) is 2. The number of quaternary nitrogens is 1. The van der Waals surface area contributed by atoms with Gasteiger partial charge in [-0.1, -0.05) is 6.07 Å². The quantitative estimate of drug-likeness (QED) is 0.652. The van der Waals surface area contributed by atoms with Gasteiger partial charge in [-0.3, -0.25) is 4.79 Å². The fourth-order valence-electron chi connectivity index (χ4n) is 3.51. The van der Waals surface area contributed by atoms with Gasteiger partial charge >= 0.3 is 0 Å². The van der Waals surface area contributed by atoms with Gasteiger partial charge in [0.1, 0.15) is 24.1 Å². The van der Waals surface area contributed by atoms with Gasteiger partial charge in [-0.05, 0) is 53.4 Å². The van der Waals surface area contributed by atoms with Gasteiger partial charge in [0.25, 0.3) is 5.91 Å². The van der Waals surface area contributed by atoms with Gasteiger partial charge in [-0.2, -0.15) is 5.10 Å². The van der Waals surface area contributed by atoms with Crippen molar-refractivity contribution in [2.45, 2.75) is 19.0 Å². The number of furan rings is 1. The molecule has 7 heteroatoms. The molecular weight excluding hydrogens is 386 g/mol. The van der Waals surface area contributed by atoms with Crippen LogP contribution in [0.2, 0.25) is 0 Å². The predicted molar refractivity (Wildman–Crippen MR) is 112 cm³/mol. The summed E-state index contributed by atoms with van der Waals surface area (Å²) in [6, 6.07) is 15.4. The van der Waals surface area contributed by atoms with E-state index >= 15 is 0 Å². The molecule has 1 unspecified atom stereocenters. The average Bonchev–Trinajstić information content (AvgIpc) is 3.48. The van der Waals surface area contributed by atoms with Crippen molar-refractivity contribution < 1.29 is 18.8 Å². The Hall–Kier alpha value is -2.90. The highest BCUT2D eigenvalue weighted by atomic mass is 32.1. The van der Waals surface area contributed by atoms with E-state index < -0.39 is 0 Å². The minimum absolute atomic E-state index is 0.0102. The molecule has 0 fully saturated rings. The minimum atomic E-state index is -0.218. The van der Waals surface area contributed by atoms with E-state index in [0.29, 0.717) is 13.0 Å². The third kappa shape index (κ3) is 4.41. The molecule has 1 N–H and O–H groups in total. The number of hydrazone groups is 1. The number of amides is 1. The highest BCUT2D eigenvalue weighted by Crippen LogP contribution is 2.33. The molecule has 150 valence electrons. The van der Waals surface area contributed by atoms with E-state index in [1.165, 1.54) is 4.88 Å². The molecule has 1 amide bonds. The summed E-state index contributed by atoms with van der Waals surface area (Å²) in [6.07, 6.45) is 2.26. The number of likely N-dealkylation sites (N-methyl/N-ethyl adjacent to an activating group) is 1. The minimum Gasteiger partial charge on any atom is -0.497 e. The Labute approximate surface area is 174 Å². The standard InChI is InChI=1S/C22H23N3O3S/c1-24(14-18-5-4-12-29-18)15-22(26)25-20(21-6-3-11-28-21)13-19(23-25)16-7-9-17(27-2)10-8-16/h3-12,20H,13-15H2,1-2H3/p+1/t20-/m1/s1. The molecule has 4 rings (SSSR count). The fraction of sp³-hybridized carbons (Fsp3) is 0.273. The van der Waals surface area contributed by atoms with Crippen LogP contribution < -0.4 is 9.64 Å². The summed E-state index contributed by atoms with van der Waals surface area (Å²) >= 11 is 1.71. The third-order valence-electron chi connectivity index (χ3n) is 4.97. The Kier molecular flexibility index (Phi) is 5.78. The van der Waals surface area contributed by atoms with Crippen LogP contribution in [0.3, 0.4) is 0 Å². The summed E-state index contributed by atoms with van der Waals surface area (Å²) in [7, 11) is 3.67. The second-order valence-electron chi connectivity index (χ2n) is 7.14. The van der Waals surface area contributed by atoms with Crippen LogP contribution in [0.15, 0.2) is 69.7 Å². The smallest absolute Gasteiger partial charge is 0.298 e. The lowest BCUT2D eigenvalue weighted by molar-refractivity contribution is -0.885.